The summed E-state index contributed by atoms with van der Waals surface area (Å²) in [5, 5.41) is 6.23. The Labute approximate surface area is 58.3 Å². The summed E-state index contributed by atoms with van der Waals surface area (Å²) >= 11 is 0. The van der Waals surface area contributed by atoms with Gasteiger partial charge in [0.25, 0.3) is 0 Å². The van der Waals surface area contributed by atoms with Crippen molar-refractivity contribution in [3.8, 4) is 0 Å². The van der Waals surface area contributed by atoms with Gasteiger partial charge in [0, 0.05) is 13.1 Å². The maximum atomic E-state index is 3.19. The van der Waals surface area contributed by atoms with Crippen molar-refractivity contribution in [2.45, 2.75) is 6.92 Å². The monoisotopic (exact) mass is 130 g/mol. The SMILES string of the molecule is C=C.CCNCCNC. The molecule has 2 N–H and O–H groups in total. The van der Waals surface area contributed by atoms with Gasteiger partial charge in [0.2, 0.25) is 0 Å². The summed E-state index contributed by atoms with van der Waals surface area (Å²) in [4.78, 5) is 0. The van der Waals surface area contributed by atoms with Crippen LogP contribution in [0.5, 0.6) is 0 Å². The van der Waals surface area contributed by atoms with E-state index in [1.54, 1.807) is 0 Å². The minimum atomic E-state index is 1.06. The Balaban J connectivity index is 0. The molecule has 56 valence electrons. The fraction of sp³-hybridized carbons (Fsp3) is 0.714. The van der Waals surface area contributed by atoms with Crippen LogP contribution in [0, 0.1) is 0 Å². The standard InChI is InChI=1S/C5H14N2.C2H4/c1-3-7-5-4-6-2;1-2/h6-7H,3-5H2,1-2H3;1-2H2. The highest BCUT2D eigenvalue weighted by atomic mass is 14.9. The molecule has 0 spiro atoms. The molecule has 0 aliphatic heterocycles. The fourth-order valence-electron chi connectivity index (χ4n) is 0.390. The van der Waals surface area contributed by atoms with Gasteiger partial charge in [-0.25, -0.2) is 0 Å². The van der Waals surface area contributed by atoms with Crippen LogP contribution in [0.3, 0.4) is 0 Å². The molecule has 0 aliphatic carbocycles. The Morgan fingerprint density at radius 2 is 1.78 bits per heavy atom. The smallest absolute Gasteiger partial charge is 0.00764 e. The quantitative estimate of drug-likeness (QED) is 0.430. The second-order valence-electron chi connectivity index (χ2n) is 1.46. The van der Waals surface area contributed by atoms with Crippen molar-refractivity contribution in [1.82, 2.24) is 10.6 Å². The number of rotatable bonds is 4. The van der Waals surface area contributed by atoms with E-state index >= 15 is 0 Å². The summed E-state index contributed by atoms with van der Waals surface area (Å²) in [7, 11) is 1.96. The van der Waals surface area contributed by atoms with Crippen molar-refractivity contribution in [1.29, 1.82) is 0 Å². The molecule has 0 heterocycles. The predicted octanol–water partition coefficient (Wildman–Crippen LogP) is 0.617. The lowest BCUT2D eigenvalue weighted by atomic mass is 10.6. The van der Waals surface area contributed by atoms with Gasteiger partial charge < -0.3 is 10.6 Å². The highest BCUT2D eigenvalue weighted by Crippen LogP contribution is 1.52. The number of hydrogen-bond donors (Lipinski definition) is 2. The molecule has 2 heteroatoms. The van der Waals surface area contributed by atoms with E-state index in [-0.39, 0.29) is 0 Å². The van der Waals surface area contributed by atoms with Gasteiger partial charge in [0.05, 0.1) is 0 Å². The van der Waals surface area contributed by atoms with Crippen LogP contribution in [0.1, 0.15) is 6.92 Å². The van der Waals surface area contributed by atoms with Crippen LogP contribution in [0.25, 0.3) is 0 Å². The lowest BCUT2D eigenvalue weighted by molar-refractivity contribution is 0.672. The maximum Gasteiger partial charge on any atom is 0.00764 e. The van der Waals surface area contributed by atoms with E-state index in [9.17, 15) is 0 Å². The van der Waals surface area contributed by atoms with E-state index in [0.29, 0.717) is 0 Å². The van der Waals surface area contributed by atoms with Crippen LogP contribution in [0.15, 0.2) is 13.2 Å². The normalized spacial score (nSPS) is 7.78. The summed E-state index contributed by atoms with van der Waals surface area (Å²) in [6.07, 6.45) is 0. The lowest BCUT2D eigenvalue weighted by Gasteiger charge is -1.96. The van der Waals surface area contributed by atoms with Gasteiger partial charge in [0.1, 0.15) is 0 Å². The third kappa shape index (κ3) is 18.3. The number of likely N-dealkylation sites (N-methyl/N-ethyl adjacent to an activating group) is 2. The molecule has 0 aromatic carbocycles. The second-order valence-corrected chi connectivity index (χ2v) is 1.46. The van der Waals surface area contributed by atoms with Gasteiger partial charge in [-0.15, -0.1) is 13.2 Å². The van der Waals surface area contributed by atoms with Crippen molar-refractivity contribution in [2.24, 2.45) is 0 Å². The van der Waals surface area contributed by atoms with E-state index < -0.39 is 0 Å². The Morgan fingerprint density at radius 3 is 2.11 bits per heavy atom. The summed E-state index contributed by atoms with van der Waals surface area (Å²) in [5.41, 5.74) is 0. The molecule has 0 aromatic heterocycles. The zero-order valence-corrected chi connectivity index (χ0v) is 6.54. The van der Waals surface area contributed by atoms with Gasteiger partial charge >= 0.3 is 0 Å². The third-order valence-electron chi connectivity index (χ3n) is 0.802. The van der Waals surface area contributed by atoms with Gasteiger partial charge in [-0.1, -0.05) is 6.92 Å². The lowest BCUT2D eigenvalue weighted by Crippen LogP contribution is -2.24. The van der Waals surface area contributed by atoms with Crippen LogP contribution in [-0.2, 0) is 0 Å². The highest BCUT2D eigenvalue weighted by Gasteiger charge is 1.75. The summed E-state index contributed by atoms with van der Waals surface area (Å²) in [5.74, 6) is 0. The Kier molecular flexibility index (Phi) is 19.9. The van der Waals surface area contributed by atoms with E-state index in [4.69, 9.17) is 0 Å². The van der Waals surface area contributed by atoms with E-state index in [1.165, 1.54) is 0 Å². The largest absolute Gasteiger partial charge is 0.318 e. The van der Waals surface area contributed by atoms with E-state index in [2.05, 4.69) is 30.7 Å². The summed E-state index contributed by atoms with van der Waals surface area (Å²) in [6.45, 7) is 11.3. The molecule has 0 aromatic rings. The zero-order valence-electron chi connectivity index (χ0n) is 6.54. The molecule has 2 nitrogen and oxygen atoms in total. The van der Waals surface area contributed by atoms with Gasteiger partial charge in [-0.2, -0.15) is 0 Å². The fourth-order valence-corrected chi connectivity index (χ4v) is 0.390. The van der Waals surface area contributed by atoms with Crippen LogP contribution < -0.4 is 10.6 Å². The molecule has 0 rings (SSSR count). The van der Waals surface area contributed by atoms with Gasteiger partial charge in [-0.05, 0) is 13.6 Å². The predicted molar refractivity (Wildman–Crippen MR) is 43.7 cm³/mol. The summed E-state index contributed by atoms with van der Waals surface area (Å²) in [6, 6.07) is 0. The van der Waals surface area contributed by atoms with Crippen LogP contribution in [0.2, 0.25) is 0 Å². The average molecular weight is 130 g/mol. The highest BCUT2D eigenvalue weighted by molar-refractivity contribution is 4.42. The molecule has 0 saturated carbocycles. The van der Waals surface area contributed by atoms with Gasteiger partial charge in [0.15, 0.2) is 0 Å². The van der Waals surface area contributed by atoms with Crippen LogP contribution in [0.4, 0.5) is 0 Å². The Bertz CT molecular complexity index is 33.9. The molecule has 0 radical (unpaired) electrons. The minimum Gasteiger partial charge on any atom is -0.318 e. The average Bonchev–Trinajstić information content (AvgIpc) is 1.94. The molecular weight excluding hydrogens is 112 g/mol. The number of hydrogen-bond acceptors (Lipinski definition) is 2. The first-order valence-corrected chi connectivity index (χ1v) is 3.27. The molecule has 0 aliphatic rings. The van der Waals surface area contributed by atoms with Gasteiger partial charge in [-0.3, -0.25) is 0 Å². The van der Waals surface area contributed by atoms with Crippen molar-refractivity contribution < 1.29 is 0 Å². The first-order valence-electron chi connectivity index (χ1n) is 3.27. The van der Waals surface area contributed by atoms with Crippen molar-refractivity contribution in [3.05, 3.63) is 13.2 Å². The van der Waals surface area contributed by atoms with Crippen molar-refractivity contribution in [2.75, 3.05) is 26.7 Å². The molecule has 0 bridgehead atoms. The Morgan fingerprint density at radius 1 is 1.22 bits per heavy atom. The minimum absolute atomic E-state index is 1.06. The maximum absolute atomic E-state index is 3.19. The summed E-state index contributed by atoms with van der Waals surface area (Å²) < 4.78 is 0. The molecule has 0 fully saturated rings. The van der Waals surface area contributed by atoms with E-state index in [0.717, 1.165) is 19.6 Å². The second kappa shape index (κ2) is 15.6. The van der Waals surface area contributed by atoms with Crippen molar-refractivity contribution >= 4 is 0 Å². The van der Waals surface area contributed by atoms with E-state index in [1.807, 2.05) is 7.05 Å². The topological polar surface area (TPSA) is 24.1 Å². The zero-order chi connectivity index (χ0) is 7.54. The molecule has 0 amide bonds. The van der Waals surface area contributed by atoms with Crippen LogP contribution in [-0.4, -0.2) is 26.7 Å². The molecule has 0 unspecified atom stereocenters. The first-order chi connectivity index (χ1) is 4.41. The molecular formula is C7H18N2. The number of nitrogens with one attached hydrogen (secondary N) is 2. The molecule has 0 saturated heterocycles. The Hall–Kier alpha value is -0.340. The molecule has 9 heavy (non-hydrogen) atoms. The first kappa shape index (κ1) is 11.5. The molecule has 0 atom stereocenters. The van der Waals surface area contributed by atoms with Crippen molar-refractivity contribution in [3.63, 3.8) is 0 Å². The third-order valence-corrected chi connectivity index (χ3v) is 0.802. The van der Waals surface area contributed by atoms with Crippen LogP contribution >= 0.6 is 0 Å².